The molecule has 36 nitrogen and oxygen atoms in total. The van der Waals surface area contributed by atoms with Crippen molar-refractivity contribution in [1.82, 2.24) is 44.9 Å². The maximum absolute atomic E-state index is 12.4. The predicted octanol–water partition coefficient (Wildman–Crippen LogP) is 21.0. The molecule has 6 aromatic carbocycles. The van der Waals surface area contributed by atoms with Crippen LogP contribution >= 0.6 is 0 Å². The molecule has 0 saturated carbocycles. The number of anilines is 15. The number of esters is 6. The van der Waals surface area contributed by atoms with Gasteiger partial charge in [0.1, 0.15) is 0 Å². The Morgan fingerprint density at radius 2 is 0.471 bits per heavy atom. The highest BCUT2D eigenvalue weighted by Gasteiger charge is 2.45. The van der Waals surface area contributed by atoms with Crippen molar-refractivity contribution in [2.75, 3.05) is 107 Å². The van der Waals surface area contributed by atoms with Crippen LogP contribution in [0.2, 0.25) is 96.2 Å². The van der Waals surface area contributed by atoms with Gasteiger partial charge in [0.05, 0.1) is 73.0 Å². The van der Waals surface area contributed by atoms with Crippen LogP contribution in [0, 0.1) is 0 Å². The van der Waals surface area contributed by atoms with E-state index in [2.05, 4.69) is 165 Å². The van der Waals surface area contributed by atoms with Gasteiger partial charge in [-0.1, -0.05) is 87.0 Å². The van der Waals surface area contributed by atoms with Crippen molar-refractivity contribution in [2.45, 2.75) is 235 Å². The number of hydrogen-bond acceptors (Lipinski definition) is 36. The van der Waals surface area contributed by atoms with Crippen molar-refractivity contribution in [3.8, 4) is 0 Å². The third-order valence-electron chi connectivity index (χ3n) is 19.8. The van der Waals surface area contributed by atoms with Crippen LogP contribution in [0.15, 0.2) is 146 Å². The van der Waals surface area contributed by atoms with Gasteiger partial charge in [-0.3, -0.25) is 0 Å². The summed E-state index contributed by atoms with van der Waals surface area (Å²) >= 11 is 0. The van der Waals surface area contributed by atoms with Crippen LogP contribution in [0.25, 0.3) is 0 Å². The average Bonchev–Trinajstić information content (AvgIpc) is 0.796. The average molecular weight is 2010 g/mol. The van der Waals surface area contributed by atoms with E-state index in [1.807, 2.05) is 48.1 Å². The van der Waals surface area contributed by atoms with Crippen LogP contribution in [-0.2, 0) is 40.8 Å². The van der Waals surface area contributed by atoms with Gasteiger partial charge in [0.15, 0.2) is 25.0 Å². The first kappa shape index (κ1) is 113. The number of carbonyl (C=O) groups excluding carboxylic acids is 6. The van der Waals surface area contributed by atoms with E-state index in [0.717, 1.165) is 77.0 Å². The lowest BCUT2D eigenvalue weighted by molar-refractivity contribution is 0.0490. The van der Waals surface area contributed by atoms with E-state index >= 15 is 0 Å². The molecule has 138 heavy (non-hydrogen) atoms. The zero-order valence-electron chi connectivity index (χ0n) is 83.6. The van der Waals surface area contributed by atoms with Crippen LogP contribution in [0.1, 0.15) is 201 Å². The summed E-state index contributed by atoms with van der Waals surface area (Å²) in [6.45, 7) is 43.0. The molecular weight excluding hydrogens is 1860 g/mol. The van der Waals surface area contributed by atoms with E-state index in [1.54, 1.807) is 146 Å². The Morgan fingerprint density at radius 1 is 0.275 bits per heavy atom. The summed E-state index contributed by atoms with van der Waals surface area (Å²) in [5.41, 5.74) is 6.82. The zero-order valence-corrected chi connectivity index (χ0v) is 89.6. The Bertz CT molecular complexity index is 4970. The summed E-state index contributed by atoms with van der Waals surface area (Å²) in [5, 5.41) is 28.8. The molecule has 2 atom stereocenters. The second-order valence-electron chi connectivity index (χ2n) is 36.5. The number of unbranched alkanes of at least 4 members (excludes halogenated alkanes) is 6. The Kier molecular flexibility index (Phi) is 46.9. The van der Waals surface area contributed by atoms with Gasteiger partial charge in [-0.25, -0.2) is 28.8 Å². The monoisotopic (exact) mass is 2000 g/mol. The number of hydrogen-bond donors (Lipinski definition) is 12. The Labute approximate surface area is 818 Å². The Hall–Kier alpha value is -11.6. The largest absolute Gasteiger partial charge is 0.462 e. The highest BCUT2D eigenvalue weighted by molar-refractivity contribution is 6.88. The van der Waals surface area contributed by atoms with Crippen molar-refractivity contribution in [1.29, 1.82) is 0 Å². The molecule has 0 bridgehead atoms. The number of carbonyl (C=O) groups is 6. The van der Waals surface area contributed by atoms with Gasteiger partial charge in [0.25, 0.3) is 0 Å². The minimum Gasteiger partial charge on any atom is -0.462 e. The fraction of sp³-hybridized carbons (Fsp3) is 0.469. The van der Waals surface area contributed by atoms with Gasteiger partial charge in [0, 0.05) is 59.3 Å². The standard InChI is InChI=1S/C35H56N6O6Si3.C32H48N6O6Si2.C29H40N6O6Si/c1-11-13-23-44-31(42)27-15-19-29(20-16-27)37-34-39-33(36-25-26(3)50(10,46-48(4,5)6)47-49(7,8)9)40-35(41-34)38-30-21-17-28(18-22-30)32(43)45-24-14-12-2;1-7-9-21-42-28(39)24-12-16-26(17-13-24)34-31-36-30(33-20-11-23-46(6,41)44-45(3,4)5)37-32(38-31)35-27-18-14-25(15-19-27)29(40)43-22-10-8-2;1-4-6-18-40-25(36)21-9-13-23(14-10-21)31-28-33-27(30-17-8-20-42(3,38)39)34-29(35-28)32-24-15-11-22(12-16-24)26(37)41-19-7-5-2/h15-22,26H,11-14,23-25H2,1-10H3,(H3,36,37,38,39,40,41);12-19,41H,7-11,20-23H2,1-6H3,(H3,33,34,35,36,37,38);9-16,38-39H,4-8,17-20H2,1-3H3,(H3,30,31,32,33,34,35). The predicted molar refractivity (Wildman–Crippen MR) is 558 cm³/mol. The summed E-state index contributed by atoms with van der Waals surface area (Å²) in [7, 11) is -14.2. The van der Waals surface area contributed by atoms with Crippen LogP contribution in [0.4, 0.5) is 87.7 Å². The molecule has 9 aromatic rings. The molecule has 0 aliphatic heterocycles. The molecule has 0 amide bonds. The lowest BCUT2D eigenvalue weighted by Gasteiger charge is -2.42. The lowest BCUT2D eigenvalue weighted by atomic mass is 10.2. The maximum Gasteiger partial charge on any atom is 0.338 e. The lowest BCUT2D eigenvalue weighted by Crippen LogP contribution is -2.56. The molecule has 3 heterocycles. The zero-order chi connectivity index (χ0) is 101. The summed E-state index contributed by atoms with van der Waals surface area (Å²) in [6.07, 6.45) is 11.8. The number of aromatic nitrogens is 9. The summed E-state index contributed by atoms with van der Waals surface area (Å²) < 4.78 is 51.4. The molecule has 2 unspecified atom stereocenters. The summed E-state index contributed by atoms with van der Waals surface area (Å²) in [4.78, 5) is 145. The van der Waals surface area contributed by atoms with Crippen molar-refractivity contribution >= 4 is 174 Å². The van der Waals surface area contributed by atoms with E-state index in [1.165, 1.54) is 6.55 Å². The van der Waals surface area contributed by atoms with Gasteiger partial charge in [-0.15, -0.1) is 0 Å². The first-order chi connectivity index (χ1) is 65.5. The summed E-state index contributed by atoms with van der Waals surface area (Å²) in [6, 6.07) is 42.1. The van der Waals surface area contributed by atoms with E-state index in [9.17, 15) is 43.2 Å². The SMILES string of the molecule is CCCCOC(=O)c1ccc(Nc2nc(NCC(C)[Si](C)(O[Si](C)(C)C)O[Si](C)(C)C)nc(Nc3ccc(C(=O)OCCCC)cc3)n2)cc1.CCCCOC(=O)c1ccc(Nc2nc(NCCC[Si](C)(O)O)nc(Nc3ccc(C(=O)OCCCC)cc3)n2)cc1.CCCCOC(=O)c1ccc(Nc2nc(NCCC[Si](C)(O)O[Si](C)(C)C)nc(Nc3ccc(C(=O)OCCCC)cc3)n2)cc1. The first-order valence-corrected chi connectivity index (χ1v) is 65.3. The third kappa shape index (κ3) is 44.1. The molecule has 3 aromatic heterocycles. The van der Waals surface area contributed by atoms with Crippen LogP contribution in [0.5, 0.6) is 0 Å². The van der Waals surface area contributed by atoms with Crippen LogP contribution < -0.4 is 47.9 Å². The molecule has 12 N–H and O–H groups in total. The van der Waals surface area contributed by atoms with E-state index in [0.29, 0.717) is 176 Å². The molecule has 9 rings (SSSR count). The fourth-order valence-electron chi connectivity index (χ4n) is 12.8. The molecule has 0 aliphatic carbocycles. The highest BCUT2D eigenvalue weighted by atomic mass is 28.5. The Morgan fingerprint density at radius 3 is 0.667 bits per heavy atom. The first-order valence-electron chi connectivity index (χ1n) is 47.6. The van der Waals surface area contributed by atoms with E-state index in [-0.39, 0.29) is 71.1 Å². The highest BCUT2D eigenvalue weighted by Crippen LogP contribution is 2.33. The van der Waals surface area contributed by atoms with Gasteiger partial charge in [-0.05, 0) is 288 Å². The fourth-order valence-corrected chi connectivity index (χ4v) is 32.5. The number of benzene rings is 6. The van der Waals surface area contributed by atoms with Crippen molar-refractivity contribution in [2.24, 2.45) is 0 Å². The van der Waals surface area contributed by atoms with Crippen molar-refractivity contribution in [3.63, 3.8) is 0 Å². The van der Waals surface area contributed by atoms with Crippen molar-refractivity contribution in [3.05, 3.63) is 179 Å². The molecule has 0 fully saturated rings. The van der Waals surface area contributed by atoms with Gasteiger partial charge < -0.3 is 103 Å². The van der Waals surface area contributed by atoms with Crippen molar-refractivity contribution < 1.29 is 83.9 Å². The number of nitrogens with one attached hydrogen (secondary N) is 9. The molecule has 750 valence electrons. The summed E-state index contributed by atoms with van der Waals surface area (Å²) in [5.74, 6) is 0.406. The normalized spacial score (nSPS) is 12.1. The molecule has 0 radical (unpaired) electrons. The van der Waals surface area contributed by atoms with Gasteiger partial charge in [0.2, 0.25) is 53.5 Å². The van der Waals surface area contributed by atoms with E-state index < -0.39 is 50.6 Å². The third-order valence-corrected chi connectivity index (χ3v) is 36.7. The number of ether oxygens (including phenoxy) is 6. The number of rotatable bonds is 56. The second kappa shape index (κ2) is 57.1. The topological polar surface area (TPSA) is 470 Å². The maximum atomic E-state index is 12.4. The Balaban J connectivity index is 0.000000283. The molecule has 42 heteroatoms. The second-order valence-corrected chi connectivity index (χ2v) is 60.4. The number of nitrogens with zero attached hydrogens (tertiary/aromatic N) is 9. The minimum absolute atomic E-state index is 0.0831. The van der Waals surface area contributed by atoms with Gasteiger partial charge >= 0.3 is 61.5 Å². The molecule has 0 spiro atoms. The quantitative estimate of drug-likeness (QED) is 0.00729. The van der Waals surface area contributed by atoms with Crippen LogP contribution in [-0.4, -0.2) is 205 Å². The van der Waals surface area contributed by atoms with E-state index in [4.69, 9.17) is 40.8 Å². The minimum atomic E-state index is -3.15. The smallest absolute Gasteiger partial charge is 0.338 e. The molecular formula is C96H144N18O18Si6. The van der Waals surface area contributed by atoms with Gasteiger partial charge in [-0.2, -0.15) is 44.9 Å². The molecule has 0 aliphatic rings. The molecule has 0 saturated heterocycles. The van der Waals surface area contributed by atoms with Crippen LogP contribution in [0.3, 0.4) is 0 Å².